The number of anilines is 1. The highest BCUT2D eigenvalue weighted by Crippen LogP contribution is 2.28. The Morgan fingerprint density at radius 2 is 1.74 bits per heavy atom. The van der Waals surface area contributed by atoms with Gasteiger partial charge in [0.1, 0.15) is 12.4 Å². The Balaban J connectivity index is 1.74. The van der Waals surface area contributed by atoms with Gasteiger partial charge in [0.05, 0.1) is 0 Å². The van der Waals surface area contributed by atoms with Crippen LogP contribution in [0.15, 0.2) is 65.1 Å². The molecule has 27 heavy (non-hydrogen) atoms. The first kappa shape index (κ1) is 20.1. The summed E-state index contributed by atoms with van der Waals surface area (Å²) in [7, 11) is 0. The summed E-state index contributed by atoms with van der Waals surface area (Å²) in [5, 5.41) is 4.75. The van der Waals surface area contributed by atoms with Crippen molar-refractivity contribution >= 4 is 44.8 Å². The monoisotopic (exact) mass is 463 g/mol. The van der Waals surface area contributed by atoms with Crippen molar-refractivity contribution in [3.8, 4) is 5.75 Å². The number of para-hydroxylation sites is 1. The molecule has 3 aromatic rings. The summed E-state index contributed by atoms with van der Waals surface area (Å²) < 4.78 is 7.07. The first-order valence-corrected chi connectivity index (χ1v) is 10.3. The van der Waals surface area contributed by atoms with E-state index >= 15 is 0 Å². The summed E-state index contributed by atoms with van der Waals surface area (Å²) in [5.74, 6) is 0.825. The molecule has 0 atom stereocenters. The molecular weight excluding hydrogens is 445 g/mol. The second-order valence-corrected chi connectivity index (χ2v) is 7.90. The van der Waals surface area contributed by atoms with Crippen LogP contribution >= 0.6 is 39.1 Å². The zero-order valence-electron chi connectivity index (χ0n) is 14.9. The third kappa shape index (κ3) is 5.41. The van der Waals surface area contributed by atoms with Crippen LogP contribution in [0.1, 0.15) is 23.6 Å². The van der Waals surface area contributed by atoms with Gasteiger partial charge in [-0.15, -0.1) is 0 Å². The summed E-state index contributed by atoms with van der Waals surface area (Å²) in [6.45, 7) is 3.21. The van der Waals surface area contributed by atoms with Gasteiger partial charge in [-0.2, -0.15) is 0 Å². The maximum atomic E-state index is 6.25. The Morgan fingerprint density at radius 1 is 0.926 bits per heavy atom. The van der Waals surface area contributed by atoms with Crippen LogP contribution in [0.25, 0.3) is 0 Å². The Kier molecular flexibility index (Phi) is 7.06. The van der Waals surface area contributed by atoms with Crippen molar-refractivity contribution in [2.45, 2.75) is 26.5 Å². The van der Waals surface area contributed by atoms with Gasteiger partial charge in [0, 0.05) is 37.9 Å². The zero-order valence-corrected chi connectivity index (χ0v) is 18.0. The molecule has 5 heteroatoms. The Bertz CT molecular complexity index is 930. The van der Waals surface area contributed by atoms with Crippen LogP contribution in [0, 0.1) is 0 Å². The topological polar surface area (TPSA) is 21.3 Å². The maximum Gasteiger partial charge on any atom is 0.124 e. The normalized spacial score (nSPS) is 10.7. The minimum atomic E-state index is 0.385. The largest absolute Gasteiger partial charge is 0.488 e. The van der Waals surface area contributed by atoms with Crippen LogP contribution < -0.4 is 10.1 Å². The molecule has 0 unspecified atom stereocenters. The number of hydrogen-bond donors (Lipinski definition) is 1. The molecule has 0 aliphatic heterocycles. The average molecular weight is 465 g/mol. The van der Waals surface area contributed by atoms with Crippen molar-refractivity contribution in [3.63, 3.8) is 0 Å². The molecule has 0 saturated heterocycles. The van der Waals surface area contributed by atoms with Gasteiger partial charge >= 0.3 is 0 Å². The molecule has 0 radical (unpaired) electrons. The van der Waals surface area contributed by atoms with Gasteiger partial charge in [-0.3, -0.25) is 0 Å². The van der Waals surface area contributed by atoms with E-state index in [9.17, 15) is 0 Å². The van der Waals surface area contributed by atoms with Crippen LogP contribution in [-0.4, -0.2) is 0 Å². The molecule has 0 aromatic heterocycles. The standard InChI is InChI=1S/C22H20BrCl2NO/c1-2-15-5-3-4-6-21(15)26-13-17-11-18(23)8-10-22(17)27-14-16-7-9-19(24)12-20(16)25/h3-12,26H,2,13-14H2,1H3. The molecule has 0 spiro atoms. The third-order valence-electron chi connectivity index (χ3n) is 4.29. The van der Waals surface area contributed by atoms with E-state index in [4.69, 9.17) is 27.9 Å². The predicted octanol–water partition coefficient (Wildman–Crippen LogP) is 7.51. The molecule has 140 valence electrons. The van der Waals surface area contributed by atoms with Crippen LogP contribution in [0.3, 0.4) is 0 Å². The lowest BCUT2D eigenvalue weighted by molar-refractivity contribution is 0.303. The van der Waals surface area contributed by atoms with E-state index in [-0.39, 0.29) is 0 Å². The summed E-state index contributed by atoms with van der Waals surface area (Å²) in [4.78, 5) is 0. The molecule has 0 aliphatic rings. The number of rotatable bonds is 7. The van der Waals surface area contributed by atoms with Crippen LogP contribution in [0.4, 0.5) is 5.69 Å². The Labute approximate surface area is 178 Å². The number of aryl methyl sites for hydroxylation is 1. The SMILES string of the molecule is CCc1ccccc1NCc1cc(Br)ccc1OCc1ccc(Cl)cc1Cl. The van der Waals surface area contributed by atoms with Crippen molar-refractivity contribution in [3.05, 3.63) is 91.9 Å². The fraction of sp³-hybridized carbons (Fsp3) is 0.182. The smallest absolute Gasteiger partial charge is 0.124 e. The molecule has 3 aromatic carbocycles. The van der Waals surface area contributed by atoms with E-state index in [2.05, 4.69) is 52.4 Å². The van der Waals surface area contributed by atoms with E-state index in [1.165, 1.54) is 5.56 Å². The molecule has 0 heterocycles. The first-order chi connectivity index (χ1) is 13.1. The predicted molar refractivity (Wildman–Crippen MR) is 118 cm³/mol. The van der Waals surface area contributed by atoms with E-state index in [1.54, 1.807) is 6.07 Å². The number of hydrogen-bond acceptors (Lipinski definition) is 2. The molecule has 2 nitrogen and oxygen atoms in total. The molecule has 1 N–H and O–H groups in total. The molecule has 0 saturated carbocycles. The van der Waals surface area contributed by atoms with Crippen molar-refractivity contribution in [1.82, 2.24) is 0 Å². The quantitative estimate of drug-likeness (QED) is 0.390. The minimum Gasteiger partial charge on any atom is -0.488 e. The maximum absolute atomic E-state index is 6.25. The molecule has 0 bridgehead atoms. The highest BCUT2D eigenvalue weighted by atomic mass is 79.9. The second kappa shape index (κ2) is 9.50. The first-order valence-electron chi connectivity index (χ1n) is 8.73. The van der Waals surface area contributed by atoms with Crippen molar-refractivity contribution < 1.29 is 4.74 Å². The van der Waals surface area contributed by atoms with Gasteiger partial charge in [0.15, 0.2) is 0 Å². The highest BCUT2D eigenvalue weighted by Gasteiger charge is 2.08. The number of nitrogens with one attached hydrogen (secondary N) is 1. The molecule has 3 rings (SSSR count). The van der Waals surface area contributed by atoms with Crippen molar-refractivity contribution in [1.29, 1.82) is 0 Å². The fourth-order valence-electron chi connectivity index (χ4n) is 2.81. The van der Waals surface area contributed by atoms with Gasteiger partial charge in [-0.05, 0) is 48.4 Å². The summed E-state index contributed by atoms with van der Waals surface area (Å²) in [6, 6.07) is 19.8. The lowest BCUT2D eigenvalue weighted by atomic mass is 10.1. The minimum absolute atomic E-state index is 0.385. The lowest BCUT2D eigenvalue weighted by Gasteiger charge is -2.15. The summed E-state index contributed by atoms with van der Waals surface area (Å²) >= 11 is 15.8. The zero-order chi connectivity index (χ0) is 19.2. The summed E-state index contributed by atoms with van der Waals surface area (Å²) in [6.07, 6.45) is 0.986. The fourth-order valence-corrected chi connectivity index (χ4v) is 3.68. The van der Waals surface area contributed by atoms with Gasteiger partial charge in [-0.25, -0.2) is 0 Å². The van der Waals surface area contributed by atoms with Gasteiger partial charge < -0.3 is 10.1 Å². The van der Waals surface area contributed by atoms with E-state index in [1.807, 2.05) is 30.3 Å². The number of ether oxygens (including phenoxy) is 1. The van der Waals surface area contributed by atoms with Crippen LogP contribution in [0.5, 0.6) is 5.75 Å². The van der Waals surface area contributed by atoms with E-state index < -0.39 is 0 Å². The molecule has 0 amide bonds. The number of halogens is 3. The molecular formula is C22H20BrCl2NO. The van der Waals surface area contributed by atoms with Gasteiger partial charge in [-0.1, -0.05) is 70.3 Å². The lowest BCUT2D eigenvalue weighted by Crippen LogP contribution is -2.05. The summed E-state index contributed by atoms with van der Waals surface area (Å²) in [5.41, 5.74) is 4.41. The van der Waals surface area contributed by atoms with E-state index in [0.29, 0.717) is 23.2 Å². The molecule has 0 aliphatic carbocycles. The second-order valence-electron chi connectivity index (χ2n) is 6.14. The van der Waals surface area contributed by atoms with Crippen LogP contribution in [0.2, 0.25) is 10.0 Å². The average Bonchev–Trinajstić information content (AvgIpc) is 2.67. The van der Waals surface area contributed by atoms with Crippen LogP contribution in [-0.2, 0) is 19.6 Å². The van der Waals surface area contributed by atoms with E-state index in [0.717, 1.165) is 33.5 Å². The Hall–Kier alpha value is -1.68. The van der Waals surface area contributed by atoms with Crippen molar-refractivity contribution in [2.24, 2.45) is 0 Å². The third-order valence-corrected chi connectivity index (χ3v) is 5.37. The van der Waals surface area contributed by atoms with Crippen molar-refractivity contribution in [2.75, 3.05) is 5.32 Å². The molecule has 0 fully saturated rings. The highest BCUT2D eigenvalue weighted by molar-refractivity contribution is 9.10. The number of benzene rings is 3. The van der Waals surface area contributed by atoms with Gasteiger partial charge in [0.2, 0.25) is 0 Å². The Morgan fingerprint density at radius 3 is 2.52 bits per heavy atom. The van der Waals surface area contributed by atoms with Gasteiger partial charge in [0.25, 0.3) is 0 Å².